The molecule has 3 N–H and O–H groups in total. The van der Waals surface area contributed by atoms with Gasteiger partial charge in [0.05, 0.1) is 11.6 Å². The van der Waals surface area contributed by atoms with Crippen LogP contribution in [0.15, 0.2) is 35.5 Å². The van der Waals surface area contributed by atoms with Gasteiger partial charge in [0.15, 0.2) is 5.96 Å². The number of hydrogen-bond donors (Lipinski definition) is 2. The number of nitrogens with zero attached hydrogens (tertiary/aromatic N) is 3. The summed E-state index contributed by atoms with van der Waals surface area (Å²) in [5.41, 5.74) is 8.78. The molecule has 0 saturated carbocycles. The first-order chi connectivity index (χ1) is 9.95. The number of halogens is 1. The summed E-state index contributed by atoms with van der Waals surface area (Å²) in [6.45, 7) is 4.65. The molecule has 0 bridgehead atoms. The van der Waals surface area contributed by atoms with Gasteiger partial charge in [0.1, 0.15) is 5.69 Å². The van der Waals surface area contributed by atoms with Crippen molar-refractivity contribution in [1.29, 1.82) is 0 Å². The molecule has 1 aromatic carbocycles. The summed E-state index contributed by atoms with van der Waals surface area (Å²) in [6, 6.07) is 8.13. The molecule has 1 aromatic heterocycles. The van der Waals surface area contributed by atoms with Crippen molar-refractivity contribution in [2.75, 3.05) is 5.32 Å². The number of guanidine groups is 1. The second-order valence-corrected chi connectivity index (χ2v) is 5.61. The molecule has 0 aliphatic carbocycles. The van der Waals surface area contributed by atoms with Gasteiger partial charge in [0, 0.05) is 18.9 Å². The fourth-order valence-electron chi connectivity index (χ4n) is 1.94. The highest BCUT2D eigenvalue weighted by molar-refractivity contribution is 6.31. The van der Waals surface area contributed by atoms with Gasteiger partial charge in [-0.2, -0.15) is 5.10 Å². The summed E-state index contributed by atoms with van der Waals surface area (Å²) in [5.74, 6) is 0.815. The highest BCUT2D eigenvalue weighted by Gasteiger charge is 2.05. The maximum Gasteiger partial charge on any atom is 0.193 e. The smallest absolute Gasteiger partial charge is 0.193 e. The van der Waals surface area contributed by atoms with Crippen molar-refractivity contribution >= 4 is 23.2 Å². The fourth-order valence-corrected chi connectivity index (χ4v) is 2.17. The molecular weight excluding hydrogens is 286 g/mol. The molecular formula is C15H20ClN5. The normalized spacial score (nSPS) is 12.0. The number of nitrogens with two attached hydrogens (primary N) is 1. The van der Waals surface area contributed by atoms with Crippen molar-refractivity contribution in [3.05, 3.63) is 46.7 Å². The van der Waals surface area contributed by atoms with Crippen LogP contribution in [0.3, 0.4) is 0 Å². The van der Waals surface area contributed by atoms with E-state index in [-0.39, 0.29) is 0 Å². The van der Waals surface area contributed by atoms with Crippen molar-refractivity contribution in [2.45, 2.75) is 26.3 Å². The Hall–Kier alpha value is -2.01. The number of anilines is 1. The predicted molar refractivity (Wildman–Crippen MR) is 87.7 cm³/mol. The van der Waals surface area contributed by atoms with Crippen molar-refractivity contribution in [3.63, 3.8) is 0 Å². The van der Waals surface area contributed by atoms with Crippen molar-refractivity contribution in [3.8, 4) is 0 Å². The fraction of sp³-hybridized carbons (Fsp3) is 0.333. The van der Waals surface area contributed by atoms with E-state index >= 15 is 0 Å². The largest absolute Gasteiger partial charge is 0.370 e. The van der Waals surface area contributed by atoms with Gasteiger partial charge in [-0.25, -0.2) is 4.99 Å². The Bertz CT molecular complexity index is 645. The van der Waals surface area contributed by atoms with Crippen molar-refractivity contribution in [2.24, 2.45) is 17.8 Å². The summed E-state index contributed by atoms with van der Waals surface area (Å²) < 4.78 is 1.66. The molecule has 0 aliphatic heterocycles. The molecule has 21 heavy (non-hydrogen) atoms. The summed E-state index contributed by atoms with van der Waals surface area (Å²) in [6.07, 6.45) is 1.74. The first-order valence-electron chi connectivity index (χ1n) is 6.80. The molecule has 0 fully saturated rings. The topological polar surface area (TPSA) is 68.2 Å². The summed E-state index contributed by atoms with van der Waals surface area (Å²) in [7, 11) is 1.82. The zero-order valence-electron chi connectivity index (χ0n) is 12.5. The van der Waals surface area contributed by atoms with Crippen LogP contribution in [0.4, 0.5) is 5.69 Å². The van der Waals surface area contributed by atoms with Gasteiger partial charge in [-0.15, -0.1) is 0 Å². The Labute approximate surface area is 129 Å². The highest BCUT2D eigenvalue weighted by Crippen LogP contribution is 2.18. The van der Waals surface area contributed by atoms with E-state index < -0.39 is 0 Å². The standard InChI is InChI=1S/C15H20ClN5/c1-10(2)11-5-4-6-12(7-11)19-15(17)18-8-14-13(16)9-21(3)20-14/h4-7,9-10H,8H2,1-3H3,(H3,17,18,19). The number of benzene rings is 1. The SMILES string of the molecule is CC(C)c1cccc(NC(N)=NCc2nn(C)cc2Cl)c1. The summed E-state index contributed by atoms with van der Waals surface area (Å²) in [5, 5.41) is 7.90. The van der Waals surface area contributed by atoms with E-state index in [1.165, 1.54) is 5.56 Å². The second-order valence-electron chi connectivity index (χ2n) is 5.20. The summed E-state index contributed by atoms with van der Waals surface area (Å²) in [4.78, 5) is 4.26. The van der Waals surface area contributed by atoms with Crippen LogP contribution in [0, 0.1) is 0 Å². The van der Waals surface area contributed by atoms with E-state index in [1.807, 2.05) is 19.2 Å². The molecule has 6 heteroatoms. The Morgan fingerprint density at radius 1 is 1.48 bits per heavy atom. The third-order valence-corrected chi connectivity index (χ3v) is 3.39. The minimum atomic E-state index is 0.345. The molecule has 2 aromatic rings. The van der Waals surface area contributed by atoms with Crippen LogP contribution in [-0.2, 0) is 13.6 Å². The molecule has 0 saturated heterocycles. The lowest BCUT2D eigenvalue weighted by Crippen LogP contribution is -2.22. The predicted octanol–water partition coefficient (Wildman–Crippen LogP) is 3.12. The van der Waals surface area contributed by atoms with E-state index in [9.17, 15) is 0 Å². The zero-order chi connectivity index (χ0) is 15.4. The lowest BCUT2D eigenvalue weighted by Gasteiger charge is -2.09. The van der Waals surface area contributed by atoms with Crippen LogP contribution >= 0.6 is 11.6 Å². The number of rotatable bonds is 4. The van der Waals surface area contributed by atoms with Crippen LogP contribution < -0.4 is 11.1 Å². The second kappa shape index (κ2) is 6.63. The maximum absolute atomic E-state index is 6.03. The highest BCUT2D eigenvalue weighted by atomic mass is 35.5. The molecule has 5 nitrogen and oxygen atoms in total. The average molecular weight is 306 g/mol. The third kappa shape index (κ3) is 4.23. The monoisotopic (exact) mass is 305 g/mol. The van der Waals surface area contributed by atoms with Crippen LogP contribution in [0.2, 0.25) is 5.02 Å². The molecule has 2 rings (SSSR count). The van der Waals surface area contributed by atoms with Gasteiger partial charge in [-0.05, 0) is 23.6 Å². The number of aromatic nitrogens is 2. The lowest BCUT2D eigenvalue weighted by atomic mass is 10.0. The van der Waals surface area contributed by atoms with Gasteiger partial charge in [0.25, 0.3) is 0 Å². The van der Waals surface area contributed by atoms with Gasteiger partial charge < -0.3 is 11.1 Å². The van der Waals surface area contributed by atoms with Gasteiger partial charge in [-0.1, -0.05) is 37.6 Å². The Balaban J connectivity index is 2.03. The zero-order valence-corrected chi connectivity index (χ0v) is 13.2. The van der Waals surface area contributed by atoms with E-state index in [1.54, 1.807) is 10.9 Å². The van der Waals surface area contributed by atoms with Gasteiger partial charge >= 0.3 is 0 Å². The molecule has 112 valence electrons. The number of aliphatic imine (C=N–C) groups is 1. The minimum absolute atomic E-state index is 0.345. The van der Waals surface area contributed by atoms with E-state index in [0.717, 1.165) is 5.69 Å². The number of hydrogen-bond acceptors (Lipinski definition) is 2. The molecule has 0 radical (unpaired) electrons. The first kappa shape index (κ1) is 15.4. The summed E-state index contributed by atoms with van der Waals surface area (Å²) >= 11 is 6.03. The van der Waals surface area contributed by atoms with Crippen molar-refractivity contribution < 1.29 is 0 Å². The van der Waals surface area contributed by atoms with Crippen LogP contribution in [0.5, 0.6) is 0 Å². The molecule has 1 heterocycles. The molecule has 0 atom stereocenters. The molecule has 0 aliphatic rings. The van der Waals surface area contributed by atoms with Crippen LogP contribution in [0.25, 0.3) is 0 Å². The Morgan fingerprint density at radius 3 is 2.86 bits per heavy atom. The van der Waals surface area contributed by atoms with E-state index in [0.29, 0.717) is 29.1 Å². The number of nitrogens with one attached hydrogen (secondary N) is 1. The Morgan fingerprint density at radius 2 is 2.24 bits per heavy atom. The van der Waals surface area contributed by atoms with E-state index in [2.05, 4.69) is 41.4 Å². The minimum Gasteiger partial charge on any atom is -0.370 e. The Kier molecular flexibility index (Phi) is 4.85. The van der Waals surface area contributed by atoms with Crippen LogP contribution in [0.1, 0.15) is 31.0 Å². The lowest BCUT2D eigenvalue weighted by molar-refractivity contribution is 0.743. The molecule has 0 unspecified atom stereocenters. The van der Waals surface area contributed by atoms with Gasteiger partial charge in [-0.3, -0.25) is 4.68 Å². The van der Waals surface area contributed by atoms with E-state index in [4.69, 9.17) is 17.3 Å². The quantitative estimate of drug-likeness (QED) is 0.673. The van der Waals surface area contributed by atoms with Gasteiger partial charge in [0.2, 0.25) is 0 Å². The first-order valence-corrected chi connectivity index (χ1v) is 7.18. The average Bonchev–Trinajstić information content (AvgIpc) is 2.75. The van der Waals surface area contributed by atoms with Crippen LogP contribution in [-0.4, -0.2) is 15.7 Å². The molecule has 0 spiro atoms. The number of aryl methyl sites for hydroxylation is 1. The maximum atomic E-state index is 6.03. The molecule has 0 amide bonds. The third-order valence-electron chi connectivity index (χ3n) is 3.08. The van der Waals surface area contributed by atoms with Crippen molar-refractivity contribution in [1.82, 2.24) is 9.78 Å².